The van der Waals surface area contributed by atoms with Gasteiger partial charge in [0.1, 0.15) is 18.3 Å². The minimum absolute atomic E-state index is 0.0634. The molecule has 0 aromatic heterocycles. The van der Waals surface area contributed by atoms with Crippen LogP contribution in [0.15, 0.2) is 0 Å². The molecule has 0 aromatic carbocycles. The second-order valence-corrected chi connectivity index (χ2v) is 22.0. The summed E-state index contributed by atoms with van der Waals surface area (Å²) in [7, 11) is 0. The molecule has 0 aromatic rings. The second-order valence-electron chi connectivity index (χ2n) is 22.0. The van der Waals surface area contributed by atoms with Gasteiger partial charge in [0.15, 0.2) is 0 Å². The van der Waals surface area contributed by atoms with Gasteiger partial charge in [0.05, 0.1) is 104 Å². The SMILES string of the molecule is CCC(CC(C)C)OCC(COCC(COCC(COCC(COCC(CC(C)C)C(C)C)C(C)C)OC(CC)COCC1COCC(CC)O1)OC[C@H](CC(C)C)C(C)C)C(C)C. The van der Waals surface area contributed by atoms with Crippen LogP contribution in [0.25, 0.3) is 0 Å². The van der Waals surface area contributed by atoms with Crippen LogP contribution in [-0.2, 0) is 47.4 Å². The van der Waals surface area contributed by atoms with Crippen molar-refractivity contribution < 1.29 is 47.4 Å². The standard InChI is InChI=1S/C54H108O10/c1-18-49(23-40(8)9)61-29-48(44(16)17)27-56-32-52(62-28-46(42(12)13)22-39(6)7)33-60-37-53(63-50(19-2)30-58-35-54-36-59-31-51(20-3)64-54)34-57-26-47(43(14)15)25-55-24-45(41(10)11)21-38(4)5/h38-54H,18-37H2,1-17H3/t45?,46-,47?,48?,49?,50?,51?,52?,53?,54?/m0/s1. The highest BCUT2D eigenvalue weighted by atomic mass is 16.6. The molecule has 1 saturated heterocycles. The summed E-state index contributed by atoms with van der Waals surface area (Å²) in [5.41, 5.74) is 0. The third kappa shape index (κ3) is 29.5. The van der Waals surface area contributed by atoms with E-state index in [-0.39, 0.29) is 42.5 Å². The molecule has 0 N–H and O–H groups in total. The fourth-order valence-corrected chi connectivity index (χ4v) is 8.05. The van der Waals surface area contributed by atoms with Crippen molar-refractivity contribution in [3.63, 3.8) is 0 Å². The van der Waals surface area contributed by atoms with E-state index in [1.54, 1.807) is 0 Å². The Balaban J connectivity index is 3.09. The predicted molar refractivity (Wildman–Crippen MR) is 264 cm³/mol. The van der Waals surface area contributed by atoms with Crippen molar-refractivity contribution in [2.24, 2.45) is 65.1 Å². The van der Waals surface area contributed by atoms with Gasteiger partial charge < -0.3 is 47.4 Å². The van der Waals surface area contributed by atoms with Gasteiger partial charge in [0.2, 0.25) is 0 Å². The third-order valence-electron chi connectivity index (χ3n) is 13.0. The van der Waals surface area contributed by atoms with E-state index in [1.165, 1.54) is 6.42 Å². The van der Waals surface area contributed by atoms with Crippen molar-refractivity contribution >= 4 is 0 Å². The lowest BCUT2D eigenvalue weighted by atomic mass is 9.88. The van der Waals surface area contributed by atoms with E-state index < -0.39 is 0 Å². The molecule has 0 aliphatic carbocycles. The van der Waals surface area contributed by atoms with Gasteiger partial charge in [-0.15, -0.1) is 0 Å². The number of hydrogen-bond acceptors (Lipinski definition) is 10. The minimum atomic E-state index is -0.289. The smallest absolute Gasteiger partial charge is 0.105 e. The van der Waals surface area contributed by atoms with Gasteiger partial charge in [0, 0.05) is 18.4 Å². The van der Waals surface area contributed by atoms with Crippen LogP contribution >= 0.6 is 0 Å². The molecule has 10 atom stereocenters. The van der Waals surface area contributed by atoms with Crippen molar-refractivity contribution in [1.82, 2.24) is 0 Å². The summed E-state index contributed by atoms with van der Waals surface area (Å²) in [5, 5.41) is 0. The largest absolute Gasteiger partial charge is 0.381 e. The van der Waals surface area contributed by atoms with Gasteiger partial charge >= 0.3 is 0 Å². The second kappa shape index (κ2) is 36.6. The molecule has 1 heterocycles. The molecule has 0 amide bonds. The molecule has 0 bridgehead atoms. The molecule has 1 aliphatic rings. The summed E-state index contributed by atoms with van der Waals surface area (Å²) in [6.45, 7) is 46.3. The van der Waals surface area contributed by atoms with Crippen molar-refractivity contribution in [3.05, 3.63) is 0 Å². The Morgan fingerprint density at radius 2 is 0.781 bits per heavy atom. The Kier molecular flexibility index (Phi) is 35.2. The van der Waals surface area contributed by atoms with Crippen LogP contribution in [-0.4, -0.2) is 129 Å². The topological polar surface area (TPSA) is 92.3 Å². The Bertz CT molecular complexity index is 1050. The number of hydrogen-bond donors (Lipinski definition) is 0. The van der Waals surface area contributed by atoms with Gasteiger partial charge in [0.25, 0.3) is 0 Å². The maximum absolute atomic E-state index is 6.76. The Hall–Kier alpha value is -0.400. The molecule has 1 aliphatic heterocycles. The van der Waals surface area contributed by atoms with Gasteiger partial charge in [-0.3, -0.25) is 0 Å². The first-order chi connectivity index (χ1) is 30.4. The monoisotopic (exact) mass is 917 g/mol. The maximum Gasteiger partial charge on any atom is 0.105 e. The van der Waals surface area contributed by atoms with Crippen molar-refractivity contribution in [1.29, 1.82) is 0 Å². The van der Waals surface area contributed by atoms with E-state index in [0.717, 1.165) is 38.7 Å². The molecule has 0 saturated carbocycles. The summed E-state index contributed by atoms with van der Waals surface area (Å²) in [5.74, 6) is 5.46. The zero-order chi connectivity index (χ0) is 48.0. The summed E-state index contributed by atoms with van der Waals surface area (Å²) in [6.07, 6.45) is 5.87. The predicted octanol–water partition coefficient (Wildman–Crippen LogP) is 11.8. The van der Waals surface area contributed by atoms with Gasteiger partial charge in [-0.05, 0) is 91.8 Å². The number of rotatable bonds is 41. The first-order valence-electron chi connectivity index (χ1n) is 26.4. The zero-order valence-corrected chi connectivity index (χ0v) is 45.0. The molecule has 64 heavy (non-hydrogen) atoms. The summed E-state index contributed by atoms with van der Waals surface area (Å²) in [4.78, 5) is 0. The zero-order valence-electron chi connectivity index (χ0n) is 45.0. The molecular weight excluding hydrogens is 809 g/mol. The molecule has 1 fully saturated rings. The van der Waals surface area contributed by atoms with Crippen molar-refractivity contribution in [2.45, 2.75) is 193 Å². The molecule has 10 heteroatoms. The summed E-state index contributed by atoms with van der Waals surface area (Å²) in [6, 6.07) is 0. The van der Waals surface area contributed by atoms with Crippen LogP contribution in [0.5, 0.6) is 0 Å². The van der Waals surface area contributed by atoms with Crippen LogP contribution in [0.4, 0.5) is 0 Å². The van der Waals surface area contributed by atoms with Crippen LogP contribution in [0, 0.1) is 65.1 Å². The van der Waals surface area contributed by atoms with Gasteiger partial charge in [-0.2, -0.15) is 0 Å². The molecule has 0 spiro atoms. The minimum Gasteiger partial charge on any atom is -0.381 e. The van der Waals surface area contributed by atoms with E-state index >= 15 is 0 Å². The Labute approximate surface area is 396 Å². The van der Waals surface area contributed by atoms with E-state index in [2.05, 4.69) is 118 Å². The van der Waals surface area contributed by atoms with E-state index in [0.29, 0.717) is 145 Å². The molecule has 1 rings (SSSR count). The van der Waals surface area contributed by atoms with Crippen molar-refractivity contribution in [2.75, 3.05) is 92.5 Å². The molecule has 10 nitrogen and oxygen atoms in total. The highest BCUT2D eigenvalue weighted by molar-refractivity contribution is 4.72. The summed E-state index contributed by atoms with van der Waals surface area (Å²) >= 11 is 0. The van der Waals surface area contributed by atoms with Crippen LogP contribution in [0.2, 0.25) is 0 Å². The Morgan fingerprint density at radius 3 is 1.27 bits per heavy atom. The van der Waals surface area contributed by atoms with E-state index in [9.17, 15) is 0 Å². The lowest BCUT2D eigenvalue weighted by molar-refractivity contribution is -0.168. The highest BCUT2D eigenvalue weighted by Crippen LogP contribution is 2.24. The van der Waals surface area contributed by atoms with E-state index in [4.69, 9.17) is 47.4 Å². The van der Waals surface area contributed by atoms with Crippen LogP contribution in [0.3, 0.4) is 0 Å². The fourth-order valence-electron chi connectivity index (χ4n) is 8.05. The average molecular weight is 917 g/mol. The van der Waals surface area contributed by atoms with Gasteiger partial charge in [-0.1, -0.05) is 118 Å². The van der Waals surface area contributed by atoms with E-state index in [1.807, 2.05) is 0 Å². The van der Waals surface area contributed by atoms with Crippen LogP contribution < -0.4 is 0 Å². The highest BCUT2D eigenvalue weighted by Gasteiger charge is 2.26. The first kappa shape index (κ1) is 61.6. The normalized spacial score (nSPS) is 20.2. The molecule has 0 radical (unpaired) electrons. The van der Waals surface area contributed by atoms with Crippen molar-refractivity contribution in [3.8, 4) is 0 Å². The van der Waals surface area contributed by atoms with Gasteiger partial charge in [-0.25, -0.2) is 0 Å². The third-order valence-corrected chi connectivity index (χ3v) is 13.0. The summed E-state index contributed by atoms with van der Waals surface area (Å²) < 4.78 is 64.0. The maximum atomic E-state index is 6.76. The van der Waals surface area contributed by atoms with Crippen LogP contribution in [0.1, 0.15) is 156 Å². The molecule has 384 valence electrons. The quantitative estimate of drug-likeness (QED) is 0.0590. The lowest BCUT2D eigenvalue weighted by Gasteiger charge is -2.30. The number of ether oxygens (including phenoxy) is 10. The lowest BCUT2D eigenvalue weighted by Crippen LogP contribution is -2.40. The first-order valence-corrected chi connectivity index (χ1v) is 26.4. The molecular formula is C54H108O10. The Morgan fingerprint density at radius 1 is 0.391 bits per heavy atom. The average Bonchev–Trinajstić information content (AvgIpc) is 3.23. The fraction of sp³-hybridized carbons (Fsp3) is 1.00. The molecule has 9 unspecified atom stereocenters.